The summed E-state index contributed by atoms with van der Waals surface area (Å²) in [6.45, 7) is 7.60. The van der Waals surface area contributed by atoms with Gasteiger partial charge in [-0.1, -0.05) is 48.5 Å². The van der Waals surface area contributed by atoms with Crippen LogP contribution in [0.25, 0.3) is 22.2 Å². The molecule has 2 aromatic carbocycles. The van der Waals surface area contributed by atoms with Crippen molar-refractivity contribution in [2.24, 2.45) is 0 Å². The predicted octanol–water partition coefficient (Wildman–Crippen LogP) is 4.83. The number of hydrogen-bond acceptors (Lipinski definition) is 1. The van der Waals surface area contributed by atoms with E-state index in [1.807, 2.05) is 42.5 Å². The van der Waals surface area contributed by atoms with E-state index >= 15 is 0 Å². The maximum atomic E-state index is 12.6. The zero-order valence-electron chi connectivity index (χ0n) is 12.3. The molecule has 0 atom stereocenters. The van der Waals surface area contributed by atoms with Gasteiger partial charge in [-0.3, -0.25) is 9.36 Å². The summed E-state index contributed by atoms with van der Waals surface area (Å²) in [6, 6.07) is 18.2. The predicted molar refractivity (Wildman–Crippen MR) is 87.6 cm³/mol. The van der Waals surface area contributed by atoms with Gasteiger partial charge >= 0.3 is 0 Å². The number of rotatable bonds is 2. The van der Waals surface area contributed by atoms with Crippen molar-refractivity contribution < 1.29 is 4.79 Å². The number of allylic oxidation sites excluding steroid dienone is 1. The molecular weight excluding hydrogens is 258 g/mol. The van der Waals surface area contributed by atoms with Gasteiger partial charge in [-0.2, -0.15) is 0 Å². The van der Waals surface area contributed by atoms with Crippen molar-refractivity contribution in [3.8, 4) is 11.3 Å². The Morgan fingerprint density at radius 3 is 2.43 bits per heavy atom. The van der Waals surface area contributed by atoms with Crippen molar-refractivity contribution >= 4 is 16.8 Å². The molecule has 2 heteroatoms. The Hall–Kier alpha value is -2.61. The number of carbonyl (C=O) groups excluding carboxylic acids is 1. The van der Waals surface area contributed by atoms with Crippen LogP contribution in [0.5, 0.6) is 0 Å². The number of nitrogens with zero attached hydrogens (tertiary/aromatic N) is 1. The van der Waals surface area contributed by atoms with Crippen molar-refractivity contribution in [3.63, 3.8) is 0 Å². The first-order valence-electron chi connectivity index (χ1n) is 6.95. The molecule has 0 saturated heterocycles. The van der Waals surface area contributed by atoms with Crippen LogP contribution in [0, 0.1) is 6.92 Å². The van der Waals surface area contributed by atoms with E-state index in [1.54, 1.807) is 11.5 Å². The summed E-state index contributed by atoms with van der Waals surface area (Å²) in [5.41, 5.74) is 4.57. The topological polar surface area (TPSA) is 22.0 Å². The lowest BCUT2D eigenvalue weighted by Gasteiger charge is -2.09. The van der Waals surface area contributed by atoms with E-state index in [0.717, 1.165) is 22.2 Å². The van der Waals surface area contributed by atoms with E-state index in [4.69, 9.17) is 0 Å². The van der Waals surface area contributed by atoms with Crippen LogP contribution in [0.4, 0.5) is 0 Å². The van der Waals surface area contributed by atoms with Crippen LogP contribution in [-0.2, 0) is 0 Å². The van der Waals surface area contributed by atoms with Crippen LogP contribution in [0.3, 0.4) is 0 Å². The highest BCUT2D eigenvalue weighted by molar-refractivity contribution is 6.05. The highest BCUT2D eigenvalue weighted by atomic mass is 16.2. The second kappa shape index (κ2) is 5.06. The van der Waals surface area contributed by atoms with E-state index in [0.29, 0.717) is 5.57 Å². The van der Waals surface area contributed by atoms with Gasteiger partial charge in [0.15, 0.2) is 0 Å². The fourth-order valence-electron chi connectivity index (χ4n) is 2.57. The fourth-order valence-corrected chi connectivity index (χ4v) is 2.57. The van der Waals surface area contributed by atoms with Gasteiger partial charge in [0.2, 0.25) is 0 Å². The van der Waals surface area contributed by atoms with Crippen LogP contribution < -0.4 is 0 Å². The minimum absolute atomic E-state index is 0.0623. The molecule has 0 aliphatic rings. The zero-order valence-corrected chi connectivity index (χ0v) is 12.3. The molecule has 2 nitrogen and oxygen atoms in total. The smallest absolute Gasteiger partial charge is 0.257 e. The first-order chi connectivity index (χ1) is 10.1. The third-order valence-corrected chi connectivity index (χ3v) is 3.59. The molecule has 1 aromatic heterocycles. The van der Waals surface area contributed by atoms with Crippen molar-refractivity contribution in [3.05, 3.63) is 72.3 Å². The van der Waals surface area contributed by atoms with E-state index in [-0.39, 0.29) is 5.91 Å². The van der Waals surface area contributed by atoms with Gasteiger partial charge in [0.05, 0.1) is 11.2 Å². The quantitative estimate of drug-likeness (QED) is 0.614. The molecule has 0 N–H and O–H groups in total. The third-order valence-electron chi connectivity index (χ3n) is 3.59. The molecule has 0 amide bonds. The molecule has 3 aromatic rings. The van der Waals surface area contributed by atoms with Crippen LogP contribution in [0.2, 0.25) is 0 Å². The van der Waals surface area contributed by atoms with Crippen molar-refractivity contribution in [1.29, 1.82) is 0 Å². The van der Waals surface area contributed by atoms with Crippen LogP contribution >= 0.6 is 0 Å². The van der Waals surface area contributed by atoms with Crippen molar-refractivity contribution in [2.75, 3.05) is 0 Å². The second-order valence-corrected chi connectivity index (χ2v) is 5.38. The number of hydrogen-bond donors (Lipinski definition) is 0. The Labute approximate surface area is 124 Å². The maximum Gasteiger partial charge on any atom is 0.257 e. The largest absolute Gasteiger partial charge is 0.276 e. The van der Waals surface area contributed by atoms with Gasteiger partial charge in [0.25, 0.3) is 5.91 Å². The summed E-state index contributed by atoms with van der Waals surface area (Å²) >= 11 is 0. The monoisotopic (exact) mass is 275 g/mol. The minimum Gasteiger partial charge on any atom is -0.276 e. The van der Waals surface area contributed by atoms with Gasteiger partial charge in [-0.05, 0) is 37.6 Å². The molecule has 0 aliphatic carbocycles. The summed E-state index contributed by atoms with van der Waals surface area (Å²) < 4.78 is 1.76. The lowest BCUT2D eigenvalue weighted by Crippen LogP contribution is -2.12. The Bertz CT molecular complexity index is 841. The number of fused-ring (bicyclic) bond motifs is 1. The van der Waals surface area contributed by atoms with Gasteiger partial charge < -0.3 is 0 Å². The molecular formula is C19H17NO. The second-order valence-electron chi connectivity index (χ2n) is 5.38. The number of benzene rings is 2. The maximum absolute atomic E-state index is 12.6. The fraction of sp³-hybridized carbons (Fsp3) is 0.105. The normalized spacial score (nSPS) is 10.8. The summed E-state index contributed by atoms with van der Waals surface area (Å²) in [7, 11) is 0. The average Bonchev–Trinajstić information content (AvgIpc) is 2.85. The molecule has 0 spiro atoms. The number of aryl methyl sites for hydroxylation is 1. The molecule has 0 aliphatic heterocycles. The Morgan fingerprint density at radius 2 is 1.76 bits per heavy atom. The van der Waals surface area contributed by atoms with Crippen LogP contribution in [-0.4, -0.2) is 10.5 Å². The van der Waals surface area contributed by atoms with E-state index in [2.05, 4.69) is 25.6 Å². The molecule has 0 fully saturated rings. The SMILES string of the molecule is C=C(C)C(=O)n1c(-c2ccccc2)cc2cc(C)ccc21. The summed E-state index contributed by atoms with van der Waals surface area (Å²) in [6.07, 6.45) is 0. The molecule has 1 heterocycles. The standard InChI is InChI=1S/C19H17NO/c1-13(2)19(21)20-17-10-9-14(3)11-16(17)12-18(20)15-7-5-4-6-8-15/h4-12H,1H2,2-3H3. The van der Waals surface area contributed by atoms with Crippen molar-refractivity contribution in [1.82, 2.24) is 4.57 Å². The van der Waals surface area contributed by atoms with Gasteiger partial charge in [-0.15, -0.1) is 0 Å². The third kappa shape index (κ3) is 2.29. The zero-order chi connectivity index (χ0) is 15.0. The summed E-state index contributed by atoms with van der Waals surface area (Å²) in [5, 5.41) is 1.07. The minimum atomic E-state index is -0.0623. The Balaban J connectivity index is 2.35. The first-order valence-corrected chi connectivity index (χ1v) is 6.95. The lowest BCUT2D eigenvalue weighted by molar-refractivity contribution is 0.0962. The van der Waals surface area contributed by atoms with Crippen LogP contribution in [0.15, 0.2) is 66.7 Å². The van der Waals surface area contributed by atoms with Gasteiger partial charge in [0, 0.05) is 11.0 Å². The summed E-state index contributed by atoms with van der Waals surface area (Å²) in [4.78, 5) is 12.6. The van der Waals surface area contributed by atoms with E-state index in [1.165, 1.54) is 5.56 Å². The molecule has 0 bridgehead atoms. The lowest BCUT2D eigenvalue weighted by atomic mass is 10.1. The Kier molecular flexibility index (Phi) is 3.22. The molecule has 104 valence electrons. The van der Waals surface area contributed by atoms with Gasteiger partial charge in [-0.25, -0.2) is 0 Å². The summed E-state index contributed by atoms with van der Waals surface area (Å²) in [5.74, 6) is -0.0623. The highest BCUT2D eigenvalue weighted by Crippen LogP contribution is 2.29. The molecule has 3 rings (SSSR count). The molecule has 0 radical (unpaired) electrons. The average molecular weight is 275 g/mol. The van der Waals surface area contributed by atoms with E-state index < -0.39 is 0 Å². The number of aromatic nitrogens is 1. The van der Waals surface area contributed by atoms with Gasteiger partial charge in [0.1, 0.15) is 0 Å². The Morgan fingerprint density at radius 1 is 1.05 bits per heavy atom. The van der Waals surface area contributed by atoms with E-state index in [9.17, 15) is 4.79 Å². The number of carbonyl (C=O) groups is 1. The van der Waals surface area contributed by atoms with Crippen LogP contribution in [0.1, 0.15) is 17.3 Å². The van der Waals surface area contributed by atoms with Crippen molar-refractivity contribution in [2.45, 2.75) is 13.8 Å². The molecule has 0 unspecified atom stereocenters. The first kappa shape index (κ1) is 13.4. The highest BCUT2D eigenvalue weighted by Gasteiger charge is 2.16. The molecule has 21 heavy (non-hydrogen) atoms. The molecule has 0 saturated carbocycles.